The van der Waals surface area contributed by atoms with Crippen molar-refractivity contribution in [1.82, 2.24) is 5.48 Å². The number of rotatable bonds is 3. The van der Waals surface area contributed by atoms with E-state index < -0.39 is 5.97 Å². The predicted molar refractivity (Wildman–Crippen MR) is 80.9 cm³/mol. The van der Waals surface area contributed by atoms with Crippen LogP contribution in [0.2, 0.25) is 0 Å². The fraction of sp³-hybridized carbons (Fsp3) is 0.176. The van der Waals surface area contributed by atoms with E-state index in [1.807, 2.05) is 24.3 Å². The summed E-state index contributed by atoms with van der Waals surface area (Å²) in [5.41, 5.74) is 5.06. The first-order valence-corrected chi connectivity index (χ1v) is 6.94. The molecule has 112 valence electrons. The number of carbonyl (C=O) groups is 2. The molecule has 0 unspecified atom stereocenters. The summed E-state index contributed by atoms with van der Waals surface area (Å²) in [6.45, 7) is 1.25. The standard InChI is InChI=1S/C17H15NO4/c1-10(20)22-18-16-7-6-14-13-4-2-11(9-19)8-12(13)3-5-15(14)17(16)21/h2-5,7-8,18-19H,6,9H2,1H3. The molecule has 0 radical (unpaired) electrons. The van der Waals surface area contributed by atoms with Crippen molar-refractivity contribution in [3.05, 3.63) is 58.8 Å². The van der Waals surface area contributed by atoms with Gasteiger partial charge in [0.15, 0.2) is 0 Å². The molecule has 2 aromatic carbocycles. The number of ketones is 1. The number of hydroxylamine groups is 1. The Kier molecular flexibility index (Phi) is 3.65. The van der Waals surface area contributed by atoms with Gasteiger partial charge in [-0.05, 0) is 40.5 Å². The van der Waals surface area contributed by atoms with Gasteiger partial charge in [0.05, 0.1) is 6.61 Å². The molecule has 0 aromatic heterocycles. The second kappa shape index (κ2) is 5.61. The lowest BCUT2D eigenvalue weighted by atomic mass is 9.89. The van der Waals surface area contributed by atoms with Crippen molar-refractivity contribution in [2.24, 2.45) is 0 Å². The smallest absolute Gasteiger partial charge is 0.329 e. The molecule has 0 saturated carbocycles. The van der Waals surface area contributed by atoms with Gasteiger partial charge in [-0.15, -0.1) is 0 Å². The highest BCUT2D eigenvalue weighted by Crippen LogP contribution is 2.29. The molecule has 0 aliphatic heterocycles. The quantitative estimate of drug-likeness (QED) is 0.848. The van der Waals surface area contributed by atoms with E-state index in [1.165, 1.54) is 6.92 Å². The summed E-state index contributed by atoms with van der Waals surface area (Å²) in [7, 11) is 0. The second-order valence-corrected chi connectivity index (χ2v) is 5.15. The fourth-order valence-electron chi connectivity index (χ4n) is 2.63. The summed E-state index contributed by atoms with van der Waals surface area (Å²) in [5.74, 6) is -0.704. The molecular weight excluding hydrogens is 282 g/mol. The molecule has 0 heterocycles. The molecular formula is C17H15NO4. The lowest BCUT2D eigenvalue weighted by Gasteiger charge is -2.18. The van der Waals surface area contributed by atoms with E-state index in [2.05, 4.69) is 10.3 Å². The molecule has 5 heteroatoms. The Morgan fingerprint density at radius 3 is 2.86 bits per heavy atom. The van der Waals surface area contributed by atoms with Crippen LogP contribution in [0.1, 0.15) is 28.4 Å². The van der Waals surface area contributed by atoms with E-state index in [0.717, 1.165) is 21.9 Å². The van der Waals surface area contributed by atoms with Gasteiger partial charge in [0.25, 0.3) is 0 Å². The molecule has 0 atom stereocenters. The minimum absolute atomic E-state index is 0.0116. The average molecular weight is 297 g/mol. The van der Waals surface area contributed by atoms with Gasteiger partial charge in [-0.25, -0.2) is 5.48 Å². The first kappa shape index (κ1) is 14.3. The van der Waals surface area contributed by atoms with Crippen LogP contribution in [0.15, 0.2) is 42.1 Å². The highest BCUT2D eigenvalue weighted by Gasteiger charge is 2.22. The van der Waals surface area contributed by atoms with Crippen LogP contribution in [-0.2, 0) is 22.7 Å². The third kappa shape index (κ3) is 2.46. The number of aliphatic hydroxyl groups is 1. The zero-order valence-corrected chi connectivity index (χ0v) is 12.1. The van der Waals surface area contributed by atoms with Crippen LogP contribution in [-0.4, -0.2) is 16.9 Å². The zero-order chi connectivity index (χ0) is 15.7. The number of Topliss-reactive ketones (excluding diaryl/α,β-unsaturated/α-hetero) is 1. The van der Waals surface area contributed by atoms with Crippen LogP contribution in [0, 0.1) is 0 Å². The van der Waals surface area contributed by atoms with Gasteiger partial charge < -0.3 is 9.94 Å². The van der Waals surface area contributed by atoms with Crippen LogP contribution in [0.5, 0.6) is 0 Å². The molecule has 5 nitrogen and oxygen atoms in total. The molecule has 1 aliphatic carbocycles. The molecule has 0 saturated heterocycles. The summed E-state index contributed by atoms with van der Waals surface area (Å²) in [6, 6.07) is 9.31. The molecule has 0 fully saturated rings. The maximum Gasteiger partial charge on any atom is 0.329 e. The fourth-order valence-corrected chi connectivity index (χ4v) is 2.63. The number of allylic oxidation sites excluding steroid dienone is 2. The van der Waals surface area contributed by atoms with Crippen LogP contribution < -0.4 is 5.48 Å². The molecule has 0 amide bonds. The Balaban J connectivity index is 2.00. The molecule has 22 heavy (non-hydrogen) atoms. The van der Waals surface area contributed by atoms with Crippen LogP contribution in [0.4, 0.5) is 0 Å². The number of hydrogen-bond acceptors (Lipinski definition) is 5. The van der Waals surface area contributed by atoms with Gasteiger partial charge in [-0.1, -0.05) is 24.3 Å². The number of carbonyl (C=O) groups excluding carboxylic acids is 2. The lowest BCUT2D eigenvalue weighted by molar-refractivity contribution is -0.146. The Labute approximate surface area is 127 Å². The third-order valence-electron chi connectivity index (χ3n) is 3.68. The largest absolute Gasteiger partial charge is 0.392 e. The van der Waals surface area contributed by atoms with Crippen LogP contribution >= 0.6 is 0 Å². The van der Waals surface area contributed by atoms with E-state index >= 15 is 0 Å². The Morgan fingerprint density at radius 1 is 1.32 bits per heavy atom. The summed E-state index contributed by atoms with van der Waals surface area (Å²) in [4.78, 5) is 27.9. The maximum atomic E-state index is 12.4. The number of nitrogens with one attached hydrogen (secondary N) is 1. The zero-order valence-electron chi connectivity index (χ0n) is 12.1. The first-order chi connectivity index (χ1) is 10.6. The van der Waals surface area contributed by atoms with E-state index in [1.54, 1.807) is 12.1 Å². The van der Waals surface area contributed by atoms with E-state index in [0.29, 0.717) is 12.0 Å². The van der Waals surface area contributed by atoms with Gasteiger partial charge in [0.1, 0.15) is 5.70 Å². The van der Waals surface area contributed by atoms with Gasteiger partial charge in [-0.2, -0.15) is 0 Å². The molecule has 2 aromatic rings. The third-order valence-corrected chi connectivity index (χ3v) is 3.68. The number of fused-ring (bicyclic) bond motifs is 3. The normalized spacial score (nSPS) is 13.5. The van der Waals surface area contributed by atoms with Crippen molar-refractivity contribution in [3.8, 4) is 0 Å². The SMILES string of the molecule is CC(=O)ONC1=CCc2c(ccc3cc(CO)ccc23)C1=O. The van der Waals surface area contributed by atoms with Crippen LogP contribution in [0.25, 0.3) is 10.8 Å². The van der Waals surface area contributed by atoms with Crippen LogP contribution in [0.3, 0.4) is 0 Å². The minimum atomic E-state index is -0.505. The van der Waals surface area contributed by atoms with Gasteiger partial charge in [-0.3, -0.25) is 9.59 Å². The highest BCUT2D eigenvalue weighted by atomic mass is 16.7. The van der Waals surface area contributed by atoms with Gasteiger partial charge >= 0.3 is 5.97 Å². The molecule has 1 aliphatic rings. The number of aliphatic hydroxyl groups excluding tert-OH is 1. The Bertz CT molecular complexity index is 808. The van der Waals surface area contributed by atoms with E-state index in [-0.39, 0.29) is 18.1 Å². The first-order valence-electron chi connectivity index (χ1n) is 6.94. The Morgan fingerprint density at radius 2 is 2.14 bits per heavy atom. The monoisotopic (exact) mass is 297 g/mol. The summed E-state index contributed by atoms with van der Waals surface area (Å²) in [5, 5.41) is 11.2. The number of benzene rings is 2. The van der Waals surface area contributed by atoms with E-state index in [9.17, 15) is 14.7 Å². The summed E-state index contributed by atoms with van der Waals surface area (Å²) < 4.78 is 0. The van der Waals surface area contributed by atoms with Gasteiger partial charge in [0.2, 0.25) is 5.78 Å². The van der Waals surface area contributed by atoms with Crippen molar-refractivity contribution in [2.45, 2.75) is 20.0 Å². The Hall–Kier alpha value is -2.66. The van der Waals surface area contributed by atoms with E-state index in [4.69, 9.17) is 0 Å². The maximum absolute atomic E-state index is 12.4. The average Bonchev–Trinajstić information content (AvgIpc) is 2.53. The van der Waals surface area contributed by atoms with Crippen molar-refractivity contribution in [2.75, 3.05) is 0 Å². The second-order valence-electron chi connectivity index (χ2n) is 5.15. The minimum Gasteiger partial charge on any atom is -0.392 e. The summed E-state index contributed by atoms with van der Waals surface area (Å²) in [6.07, 6.45) is 2.29. The topological polar surface area (TPSA) is 75.6 Å². The van der Waals surface area contributed by atoms with Gasteiger partial charge in [0, 0.05) is 12.5 Å². The van der Waals surface area contributed by atoms with Crippen molar-refractivity contribution < 1.29 is 19.5 Å². The highest BCUT2D eigenvalue weighted by molar-refractivity contribution is 6.13. The molecule has 2 N–H and O–H groups in total. The van der Waals surface area contributed by atoms with Crippen molar-refractivity contribution >= 4 is 22.5 Å². The predicted octanol–water partition coefficient (Wildman–Crippen LogP) is 2.02. The molecule has 3 rings (SSSR count). The lowest BCUT2D eigenvalue weighted by Crippen LogP contribution is -2.26. The van der Waals surface area contributed by atoms with Crippen molar-refractivity contribution in [3.63, 3.8) is 0 Å². The van der Waals surface area contributed by atoms with Crippen molar-refractivity contribution in [1.29, 1.82) is 0 Å². The molecule has 0 spiro atoms. The number of hydrogen-bond donors (Lipinski definition) is 2. The molecule has 0 bridgehead atoms. The summed E-state index contributed by atoms with van der Waals surface area (Å²) >= 11 is 0.